The summed E-state index contributed by atoms with van der Waals surface area (Å²) in [7, 11) is 3.20. The number of likely N-dealkylation sites (N-methyl/N-ethyl adjacent to an activating group) is 1. The van der Waals surface area contributed by atoms with E-state index in [2.05, 4.69) is 20.7 Å². The van der Waals surface area contributed by atoms with Gasteiger partial charge in [-0.25, -0.2) is 14.0 Å². The summed E-state index contributed by atoms with van der Waals surface area (Å²) >= 11 is 0. The average molecular weight is 521 g/mol. The second-order valence-electron chi connectivity index (χ2n) is 10.7. The molecule has 1 heterocycles. The van der Waals surface area contributed by atoms with E-state index in [0.29, 0.717) is 44.9 Å². The summed E-state index contributed by atoms with van der Waals surface area (Å²) in [4.78, 5) is 26.5. The quantitative estimate of drug-likeness (QED) is 0.329. The number of rotatable bonds is 11. The molecular formula is C28H45FN4O4. The van der Waals surface area contributed by atoms with Gasteiger partial charge in [0.1, 0.15) is 5.82 Å². The second kappa shape index (κ2) is 14.5. The molecule has 1 aromatic rings. The number of ether oxygens (including phenoxy) is 1. The van der Waals surface area contributed by atoms with Crippen LogP contribution in [0.1, 0.15) is 69.8 Å². The third-order valence-electron chi connectivity index (χ3n) is 8.03. The third-order valence-corrected chi connectivity index (χ3v) is 8.03. The Morgan fingerprint density at radius 1 is 1.19 bits per heavy atom. The van der Waals surface area contributed by atoms with Gasteiger partial charge in [-0.1, -0.05) is 50.3 Å². The molecule has 37 heavy (non-hydrogen) atoms. The fraction of sp³-hybridized carbons (Fsp3) is 0.714. The Labute approximate surface area is 220 Å². The number of nitrogens with zero attached hydrogens (tertiary/aromatic N) is 1. The summed E-state index contributed by atoms with van der Waals surface area (Å²) in [6.07, 6.45) is 8.82. The predicted molar refractivity (Wildman–Crippen MR) is 142 cm³/mol. The lowest BCUT2D eigenvalue weighted by Gasteiger charge is -2.43. The van der Waals surface area contributed by atoms with E-state index in [1.54, 1.807) is 23.1 Å². The molecule has 0 radical (unpaired) electrons. The highest BCUT2D eigenvalue weighted by atomic mass is 19.1. The SMILES string of the molecule is CNCC(CC1CCCCC1)NC(=O)N1CCCC(C(O)(CCCNC(=O)OC)c2ccccc2F)C1. The normalized spacial score (nSPS) is 21.1. The molecule has 0 spiro atoms. The Balaban J connectivity index is 1.68. The highest BCUT2D eigenvalue weighted by Crippen LogP contribution is 2.40. The molecule has 1 aromatic carbocycles. The van der Waals surface area contributed by atoms with Crippen LogP contribution in [0.15, 0.2) is 24.3 Å². The number of aliphatic hydroxyl groups is 1. The summed E-state index contributed by atoms with van der Waals surface area (Å²) in [6, 6.07) is 6.23. The van der Waals surface area contributed by atoms with Gasteiger partial charge in [0.2, 0.25) is 0 Å². The molecule has 3 unspecified atom stereocenters. The van der Waals surface area contributed by atoms with E-state index in [1.165, 1.54) is 45.3 Å². The Morgan fingerprint density at radius 2 is 1.95 bits per heavy atom. The Morgan fingerprint density at radius 3 is 2.65 bits per heavy atom. The molecule has 3 atom stereocenters. The summed E-state index contributed by atoms with van der Waals surface area (Å²) in [6.45, 7) is 1.96. The molecule has 9 heteroatoms. The maximum absolute atomic E-state index is 14.9. The summed E-state index contributed by atoms with van der Waals surface area (Å²) in [5.74, 6) is -0.150. The second-order valence-corrected chi connectivity index (χ2v) is 10.7. The summed E-state index contributed by atoms with van der Waals surface area (Å²) in [5.41, 5.74) is -1.22. The third kappa shape index (κ3) is 8.30. The number of benzene rings is 1. The van der Waals surface area contributed by atoms with Gasteiger partial charge < -0.3 is 30.7 Å². The van der Waals surface area contributed by atoms with E-state index in [1.807, 2.05) is 7.05 Å². The first kappa shape index (κ1) is 29.2. The summed E-state index contributed by atoms with van der Waals surface area (Å²) in [5, 5.41) is 21.0. The van der Waals surface area contributed by atoms with Crippen molar-refractivity contribution in [2.24, 2.45) is 11.8 Å². The summed E-state index contributed by atoms with van der Waals surface area (Å²) < 4.78 is 19.5. The zero-order valence-electron chi connectivity index (χ0n) is 22.4. The monoisotopic (exact) mass is 520 g/mol. The van der Waals surface area contributed by atoms with Crippen molar-refractivity contribution in [2.45, 2.75) is 75.9 Å². The van der Waals surface area contributed by atoms with Crippen molar-refractivity contribution in [1.82, 2.24) is 20.9 Å². The van der Waals surface area contributed by atoms with Gasteiger partial charge in [0.15, 0.2) is 0 Å². The van der Waals surface area contributed by atoms with Crippen LogP contribution in [-0.2, 0) is 10.3 Å². The first-order valence-electron chi connectivity index (χ1n) is 13.9. The van der Waals surface area contributed by atoms with E-state index in [-0.39, 0.29) is 30.0 Å². The van der Waals surface area contributed by atoms with Crippen LogP contribution in [0.25, 0.3) is 0 Å². The Bertz CT molecular complexity index is 866. The molecule has 1 aliphatic heterocycles. The molecule has 3 amide bonds. The molecule has 2 fully saturated rings. The predicted octanol–water partition coefficient (Wildman–Crippen LogP) is 4.13. The van der Waals surface area contributed by atoms with Gasteiger partial charge in [0.25, 0.3) is 0 Å². The number of carbonyl (C=O) groups excluding carboxylic acids is 2. The van der Waals surface area contributed by atoms with Crippen molar-refractivity contribution < 1.29 is 23.8 Å². The molecule has 3 rings (SSSR count). The van der Waals surface area contributed by atoms with Crippen LogP contribution >= 0.6 is 0 Å². The van der Waals surface area contributed by atoms with E-state index in [9.17, 15) is 19.1 Å². The van der Waals surface area contributed by atoms with Crippen LogP contribution in [-0.4, -0.2) is 68.5 Å². The molecule has 2 aliphatic rings. The number of hydrogen-bond acceptors (Lipinski definition) is 5. The number of methoxy groups -OCH3 is 1. The van der Waals surface area contributed by atoms with Crippen LogP contribution in [0, 0.1) is 17.7 Å². The van der Waals surface area contributed by atoms with E-state index in [0.717, 1.165) is 12.8 Å². The molecule has 0 bridgehead atoms. The van der Waals surface area contributed by atoms with Crippen molar-refractivity contribution in [3.63, 3.8) is 0 Å². The lowest BCUT2D eigenvalue weighted by atomic mass is 9.74. The molecule has 4 N–H and O–H groups in total. The van der Waals surface area contributed by atoms with Crippen molar-refractivity contribution in [2.75, 3.05) is 40.3 Å². The smallest absolute Gasteiger partial charge is 0.406 e. The number of alkyl carbamates (subject to hydrolysis) is 1. The van der Waals surface area contributed by atoms with Gasteiger partial charge in [0.05, 0.1) is 12.7 Å². The number of likely N-dealkylation sites (tertiary alicyclic amines) is 1. The zero-order chi connectivity index (χ0) is 26.7. The van der Waals surface area contributed by atoms with Crippen LogP contribution < -0.4 is 16.0 Å². The molecule has 1 saturated heterocycles. The molecule has 1 saturated carbocycles. The highest BCUT2D eigenvalue weighted by Gasteiger charge is 2.42. The van der Waals surface area contributed by atoms with Gasteiger partial charge >= 0.3 is 12.1 Å². The number of halogens is 1. The number of urea groups is 1. The first-order chi connectivity index (χ1) is 17.9. The van der Waals surface area contributed by atoms with Crippen molar-refractivity contribution >= 4 is 12.1 Å². The Kier molecular flexibility index (Phi) is 11.4. The number of piperidine rings is 1. The van der Waals surface area contributed by atoms with Crippen molar-refractivity contribution in [3.8, 4) is 0 Å². The van der Waals surface area contributed by atoms with Crippen molar-refractivity contribution in [3.05, 3.63) is 35.6 Å². The minimum absolute atomic E-state index is 0.0517. The molecule has 1 aliphatic carbocycles. The highest BCUT2D eigenvalue weighted by molar-refractivity contribution is 5.74. The first-order valence-corrected chi connectivity index (χ1v) is 13.9. The number of carbonyl (C=O) groups is 2. The van der Waals surface area contributed by atoms with Gasteiger partial charge in [-0.3, -0.25) is 0 Å². The standard InChI is InChI=1S/C28H45FN4O4/c1-30-19-23(18-21-10-4-3-5-11-21)32-26(34)33-17-8-12-22(20-33)28(36,15-9-16-31-27(35)37-2)24-13-6-7-14-25(24)29/h6-7,13-14,21-23,30,36H,3-5,8-12,15-20H2,1-2H3,(H,31,35)(H,32,34). The van der Waals surface area contributed by atoms with E-state index >= 15 is 0 Å². The van der Waals surface area contributed by atoms with Gasteiger partial charge in [-0.05, 0) is 51.1 Å². The van der Waals surface area contributed by atoms with Crippen LogP contribution in [0.2, 0.25) is 0 Å². The number of amides is 3. The lowest BCUT2D eigenvalue weighted by molar-refractivity contribution is -0.0576. The largest absolute Gasteiger partial charge is 0.453 e. The average Bonchev–Trinajstić information content (AvgIpc) is 2.91. The maximum atomic E-state index is 14.9. The van der Waals surface area contributed by atoms with E-state index < -0.39 is 17.5 Å². The number of hydrogen-bond donors (Lipinski definition) is 4. The molecule has 8 nitrogen and oxygen atoms in total. The van der Waals surface area contributed by atoms with Gasteiger partial charge in [-0.2, -0.15) is 0 Å². The molecule has 208 valence electrons. The minimum atomic E-state index is -1.46. The van der Waals surface area contributed by atoms with Crippen molar-refractivity contribution in [1.29, 1.82) is 0 Å². The molecule has 0 aromatic heterocycles. The van der Waals surface area contributed by atoms with E-state index in [4.69, 9.17) is 0 Å². The van der Waals surface area contributed by atoms with Gasteiger partial charge in [-0.15, -0.1) is 0 Å². The zero-order valence-corrected chi connectivity index (χ0v) is 22.4. The fourth-order valence-electron chi connectivity index (χ4n) is 6.07. The van der Waals surface area contributed by atoms with Crippen LogP contribution in [0.5, 0.6) is 0 Å². The topological polar surface area (TPSA) is 103 Å². The number of nitrogens with one attached hydrogen (secondary N) is 3. The maximum Gasteiger partial charge on any atom is 0.406 e. The molecular weight excluding hydrogens is 475 g/mol. The van der Waals surface area contributed by atoms with Gasteiger partial charge in [0, 0.05) is 43.7 Å². The minimum Gasteiger partial charge on any atom is -0.453 e. The van der Waals surface area contributed by atoms with Crippen LogP contribution in [0.4, 0.5) is 14.0 Å². The Hall–Kier alpha value is -2.39. The lowest BCUT2D eigenvalue weighted by Crippen LogP contribution is -2.54. The van der Waals surface area contributed by atoms with Crippen LogP contribution in [0.3, 0.4) is 0 Å². The fourth-order valence-corrected chi connectivity index (χ4v) is 6.07.